The number of benzene rings is 2. The SMILES string of the molecule is COC(=O)c1c(NC(=O)c2ccccc2)[nH]c(=S)n1Cc1ccc(Cl)c(Cl)c1. The minimum absolute atomic E-state index is 0.0999. The zero-order valence-electron chi connectivity index (χ0n) is 14.7. The van der Waals surface area contributed by atoms with E-state index in [1.165, 1.54) is 11.7 Å². The third-order valence-electron chi connectivity index (χ3n) is 3.96. The molecule has 0 saturated heterocycles. The molecule has 0 saturated carbocycles. The summed E-state index contributed by atoms with van der Waals surface area (Å²) in [6.07, 6.45) is 0. The molecule has 1 amide bonds. The number of amides is 1. The Morgan fingerprint density at radius 3 is 2.50 bits per heavy atom. The first-order valence-electron chi connectivity index (χ1n) is 8.12. The highest BCUT2D eigenvalue weighted by Crippen LogP contribution is 2.25. The van der Waals surface area contributed by atoms with Crippen LogP contribution >= 0.6 is 35.4 Å². The van der Waals surface area contributed by atoms with Crippen LogP contribution in [0.1, 0.15) is 26.4 Å². The first-order valence-corrected chi connectivity index (χ1v) is 9.28. The highest BCUT2D eigenvalue weighted by atomic mass is 35.5. The molecule has 0 aliphatic rings. The zero-order valence-corrected chi connectivity index (χ0v) is 17.0. The second-order valence-corrected chi connectivity index (χ2v) is 7.00. The number of carbonyl (C=O) groups excluding carboxylic acids is 2. The fourth-order valence-corrected chi connectivity index (χ4v) is 3.19. The summed E-state index contributed by atoms with van der Waals surface area (Å²) < 4.78 is 6.65. The van der Waals surface area contributed by atoms with Crippen LogP contribution in [0.5, 0.6) is 0 Å². The number of ether oxygens (including phenoxy) is 1. The number of halogens is 2. The van der Waals surface area contributed by atoms with Crippen LogP contribution in [0.4, 0.5) is 5.82 Å². The van der Waals surface area contributed by atoms with Crippen molar-refractivity contribution in [3.8, 4) is 0 Å². The van der Waals surface area contributed by atoms with Crippen molar-refractivity contribution >= 4 is 53.1 Å². The van der Waals surface area contributed by atoms with Gasteiger partial charge in [-0.2, -0.15) is 0 Å². The molecular formula is C19H15Cl2N3O3S. The number of aromatic amines is 1. The molecule has 0 radical (unpaired) electrons. The van der Waals surface area contributed by atoms with Gasteiger partial charge >= 0.3 is 5.97 Å². The molecule has 0 bridgehead atoms. The second-order valence-electron chi connectivity index (χ2n) is 5.80. The number of carbonyl (C=O) groups is 2. The molecule has 9 heteroatoms. The third kappa shape index (κ3) is 4.27. The number of anilines is 1. The lowest BCUT2D eigenvalue weighted by Gasteiger charge is -2.10. The van der Waals surface area contributed by atoms with Gasteiger partial charge < -0.3 is 19.6 Å². The minimum atomic E-state index is -0.643. The van der Waals surface area contributed by atoms with Gasteiger partial charge in [0.25, 0.3) is 5.91 Å². The Labute approximate surface area is 176 Å². The lowest BCUT2D eigenvalue weighted by molar-refractivity contribution is 0.0590. The first kappa shape index (κ1) is 20.1. The van der Waals surface area contributed by atoms with E-state index in [-0.39, 0.29) is 28.7 Å². The maximum atomic E-state index is 12.5. The smallest absolute Gasteiger partial charge is 0.358 e. The summed E-state index contributed by atoms with van der Waals surface area (Å²) in [5.74, 6) is -0.870. The van der Waals surface area contributed by atoms with Gasteiger partial charge in [0.1, 0.15) is 5.82 Å². The molecule has 1 aromatic heterocycles. The summed E-state index contributed by atoms with van der Waals surface area (Å²) in [5.41, 5.74) is 1.31. The Morgan fingerprint density at radius 2 is 1.86 bits per heavy atom. The normalized spacial score (nSPS) is 10.5. The van der Waals surface area contributed by atoms with Gasteiger partial charge in [-0.05, 0) is 42.0 Å². The highest BCUT2D eigenvalue weighted by Gasteiger charge is 2.22. The second kappa shape index (κ2) is 8.60. The van der Waals surface area contributed by atoms with Crippen LogP contribution in [-0.2, 0) is 11.3 Å². The molecule has 0 aliphatic heterocycles. The molecule has 144 valence electrons. The average molecular weight is 436 g/mol. The average Bonchev–Trinajstić information content (AvgIpc) is 2.99. The molecule has 1 heterocycles. The predicted molar refractivity (Wildman–Crippen MR) is 111 cm³/mol. The molecule has 6 nitrogen and oxygen atoms in total. The molecule has 0 aliphatic carbocycles. The number of H-pyrrole nitrogens is 1. The molecule has 0 unspecified atom stereocenters. The summed E-state index contributed by atoms with van der Waals surface area (Å²) >= 11 is 17.4. The molecule has 0 atom stereocenters. The minimum Gasteiger partial charge on any atom is -0.464 e. The Hall–Kier alpha value is -2.61. The molecular weight excluding hydrogens is 421 g/mol. The van der Waals surface area contributed by atoms with Gasteiger partial charge in [0.15, 0.2) is 10.5 Å². The number of aromatic nitrogens is 2. The topological polar surface area (TPSA) is 76.1 Å². The van der Waals surface area contributed by atoms with Crippen LogP contribution in [0.15, 0.2) is 48.5 Å². The van der Waals surface area contributed by atoms with Gasteiger partial charge in [0.2, 0.25) is 0 Å². The van der Waals surface area contributed by atoms with Crippen molar-refractivity contribution < 1.29 is 14.3 Å². The lowest BCUT2D eigenvalue weighted by atomic mass is 10.2. The van der Waals surface area contributed by atoms with Crippen LogP contribution in [0.3, 0.4) is 0 Å². The standard InChI is InChI=1S/C19H15Cl2N3O3S/c1-27-18(26)15-16(22-17(25)12-5-3-2-4-6-12)23-19(28)24(15)10-11-7-8-13(20)14(21)9-11/h2-9H,10H2,1H3,(H,22,25)(H,23,28). The summed E-state index contributed by atoms with van der Waals surface area (Å²) in [5, 5.41) is 3.49. The Morgan fingerprint density at radius 1 is 1.14 bits per heavy atom. The Bertz CT molecular complexity index is 1090. The van der Waals surface area contributed by atoms with Crippen molar-refractivity contribution in [2.45, 2.75) is 6.54 Å². The quantitative estimate of drug-likeness (QED) is 0.439. The zero-order chi connectivity index (χ0) is 20.3. The number of rotatable bonds is 5. The number of nitrogens with zero attached hydrogens (tertiary/aromatic N) is 1. The molecule has 0 fully saturated rings. The van der Waals surface area contributed by atoms with Gasteiger partial charge in [0.05, 0.1) is 23.7 Å². The Kier molecular flexibility index (Phi) is 6.18. The van der Waals surface area contributed by atoms with Gasteiger partial charge in [-0.1, -0.05) is 47.5 Å². The number of hydrogen-bond acceptors (Lipinski definition) is 4. The molecule has 2 N–H and O–H groups in total. The fourth-order valence-electron chi connectivity index (χ4n) is 2.62. The van der Waals surface area contributed by atoms with Crippen molar-refractivity contribution in [3.05, 3.63) is 80.2 Å². The van der Waals surface area contributed by atoms with Gasteiger partial charge in [-0.15, -0.1) is 0 Å². The molecule has 28 heavy (non-hydrogen) atoms. The van der Waals surface area contributed by atoms with Crippen molar-refractivity contribution in [2.24, 2.45) is 0 Å². The highest BCUT2D eigenvalue weighted by molar-refractivity contribution is 7.71. The summed E-state index contributed by atoms with van der Waals surface area (Å²) in [6.45, 7) is 0.234. The molecule has 3 rings (SSSR count). The van der Waals surface area contributed by atoms with E-state index in [4.69, 9.17) is 40.2 Å². The van der Waals surface area contributed by atoms with E-state index in [2.05, 4.69) is 10.3 Å². The Balaban J connectivity index is 1.99. The number of nitrogens with one attached hydrogen (secondary N) is 2. The van der Waals surface area contributed by atoms with Crippen LogP contribution in [0.2, 0.25) is 10.0 Å². The predicted octanol–water partition coefficient (Wildman–Crippen LogP) is 4.94. The van der Waals surface area contributed by atoms with E-state index in [0.29, 0.717) is 15.6 Å². The fraction of sp³-hybridized carbons (Fsp3) is 0.105. The van der Waals surface area contributed by atoms with E-state index >= 15 is 0 Å². The number of esters is 1. The number of imidazole rings is 1. The van der Waals surface area contributed by atoms with Gasteiger partial charge in [-0.3, -0.25) is 4.79 Å². The van der Waals surface area contributed by atoms with E-state index < -0.39 is 5.97 Å². The van der Waals surface area contributed by atoms with Crippen LogP contribution in [-0.4, -0.2) is 28.5 Å². The van der Waals surface area contributed by atoms with Crippen LogP contribution < -0.4 is 5.32 Å². The number of hydrogen-bond donors (Lipinski definition) is 2. The van der Waals surface area contributed by atoms with Crippen molar-refractivity contribution in [1.29, 1.82) is 0 Å². The van der Waals surface area contributed by atoms with Gasteiger partial charge in [0, 0.05) is 5.56 Å². The van der Waals surface area contributed by atoms with Crippen LogP contribution in [0.25, 0.3) is 0 Å². The lowest BCUT2D eigenvalue weighted by Crippen LogP contribution is -2.17. The summed E-state index contributed by atoms with van der Waals surface area (Å²) in [4.78, 5) is 27.7. The molecule has 0 spiro atoms. The van der Waals surface area contributed by atoms with E-state index in [0.717, 1.165) is 5.56 Å². The summed E-state index contributed by atoms with van der Waals surface area (Å²) in [7, 11) is 1.25. The third-order valence-corrected chi connectivity index (χ3v) is 5.02. The van der Waals surface area contributed by atoms with Crippen molar-refractivity contribution in [1.82, 2.24) is 9.55 Å². The summed E-state index contributed by atoms with van der Waals surface area (Å²) in [6, 6.07) is 13.7. The van der Waals surface area contributed by atoms with E-state index in [1.54, 1.807) is 48.5 Å². The van der Waals surface area contributed by atoms with Gasteiger partial charge in [-0.25, -0.2) is 4.79 Å². The van der Waals surface area contributed by atoms with Crippen molar-refractivity contribution in [3.63, 3.8) is 0 Å². The van der Waals surface area contributed by atoms with Crippen molar-refractivity contribution in [2.75, 3.05) is 12.4 Å². The molecule has 2 aromatic carbocycles. The maximum absolute atomic E-state index is 12.5. The maximum Gasteiger partial charge on any atom is 0.358 e. The van der Waals surface area contributed by atoms with E-state index in [1.807, 2.05) is 0 Å². The first-order chi connectivity index (χ1) is 13.4. The van der Waals surface area contributed by atoms with Crippen LogP contribution in [0, 0.1) is 4.77 Å². The number of methoxy groups -OCH3 is 1. The molecule has 3 aromatic rings. The largest absolute Gasteiger partial charge is 0.464 e. The van der Waals surface area contributed by atoms with E-state index in [9.17, 15) is 9.59 Å². The monoisotopic (exact) mass is 435 g/mol.